The van der Waals surface area contributed by atoms with Crippen molar-refractivity contribution in [1.82, 2.24) is 15.2 Å². The van der Waals surface area contributed by atoms with E-state index >= 15 is 0 Å². The number of anilines is 1. The molecule has 1 aliphatic rings. The summed E-state index contributed by atoms with van der Waals surface area (Å²) in [5.41, 5.74) is 1.18. The smallest absolute Gasteiger partial charge is 0.252 e. The standard InChI is InChI=1S/C17H16ClN5O2S/c1-20-16(25)12-6-10(2-3-13(12)18)14-7-21-17(26-14)22-15(24)11-4-5-23(8-11)9-19/h2-3,6-7,11H,4-5,8H2,1H3,(H,20,25)(H,21,22,24)/t11-/m0/s1. The molecule has 0 saturated carbocycles. The number of thiazole rings is 1. The maximum atomic E-state index is 12.3. The van der Waals surface area contributed by atoms with Gasteiger partial charge in [-0.1, -0.05) is 29.0 Å². The molecule has 3 rings (SSSR count). The minimum Gasteiger partial charge on any atom is -0.355 e. The van der Waals surface area contributed by atoms with Crippen LogP contribution in [0, 0.1) is 17.4 Å². The quantitative estimate of drug-likeness (QED) is 0.783. The van der Waals surface area contributed by atoms with Crippen LogP contribution in [-0.4, -0.2) is 41.8 Å². The van der Waals surface area contributed by atoms with Crippen LogP contribution in [0.25, 0.3) is 10.4 Å². The Morgan fingerprint density at radius 3 is 2.96 bits per heavy atom. The molecule has 134 valence electrons. The van der Waals surface area contributed by atoms with Crippen molar-refractivity contribution in [1.29, 1.82) is 5.26 Å². The van der Waals surface area contributed by atoms with E-state index in [4.69, 9.17) is 16.9 Å². The molecular weight excluding hydrogens is 374 g/mol. The van der Waals surface area contributed by atoms with Gasteiger partial charge in [-0.15, -0.1) is 0 Å². The number of nitriles is 1. The summed E-state index contributed by atoms with van der Waals surface area (Å²) in [5, 5.41) is 15.1. The van der Waals surface area contributed by atoms with Gasteiger partial charge in [0.25, 0.3) is 5.91 Å². The third-order valence-electron chi connectivity index (χ3n) is 4.16. The van der Waals surface area contributed by atoms with Gasteiger partial charge in [-0.2, -0.15) is 5.26 Å². The topological polar surface area (TPSA) is 98.1 Å². The number of aromatic nitrogens is 1. The predicted molar refractivity (Wildman–Crippen MR) is 99.9 cm³/mol. The Morgan fingerprint density at radius 1 is 1.46 bits per heavy atom. The molecule has 0 aliphatic carbocycles. The molecule has 2 aromatic rings. The highest BCUT2D eigenvalue weighted by molar-refractivity contribution is 7.19. The Morgan fingerprint density at radius 2 is 2.27 bits per heavy atom. The van der Waals surface area contributed by atoms with E-state index in [-0.39, 0.29) is 17.7 Å². The number of halogens is 1. The summed E-state index contributed by atoms with van der Waals surface area (Å²) in [5.74, 6) is -0.610. The van der Waals surface area contributed by atoms with Crippen LogP contribution in [0.3, 0.4) is 0 Å². The zero-order valence-corrected chi connectivity index (χ0v) is 15.5. The Kier molecular flexibility index (Phi) is 5.40. The summed E-state index contributed by atoms with van der Waals surface area (Å²) in [6.07, 6.45) is 4.36. The number of carbonyl (C=O) groups is 2. The first kappa shape index (κ1) is 18.2. The van der Waals surface area contributed by atoms with Crippen LogP contribution in [0.4, 0.5) is 5.13 Å². The van der Waals surface area contributed by atoms with Gasteiger partial charge in [0.05, 0.1) is 21.4 Å². The lowest BCUT2D eigenvalue weighted by atomic mass is 10.1. The molecule has 1 aromatic carbocycles. The lowest BCUT2D eigenvalue weighted by molar-refractivity contribution is -0.119. The van der Waals surface area contributed by atoms with Gasteiger partial charge in [0.15, 0.2) is 11.3 Å². The number of benzene rings is 1. The fraction of sp³-hybridized carbons (Fsp3) is 0.294. The molecule has 1 atom stereocenters. The lowest BCUT2D eigenvalue weighted by Gasteiger charge is -2.08. The third kappa shape index (κ3) is 3.79. The monoisotopic (exact) mass is 389 g/mol. The van der Waals surface area contributed by atoms with Crippen LogP contribution < -0.4 is 10.6 Å². The average Bonchev–Trinajstić information content (AvgIpc) is 3.31. The van der Waals surface area contributed by atoms with Gasteiger partial charge in [-0.25, -0.2) is 4.98 Å². The van der Waals surface area contributed by atoms with Crippen molar-refractivity contribution in [2.75, 3.05) is 25.5 Å². The van der Waals surface area contributed by atoms with Crippen molar-refractivity contribution in [2.45, 2.75) is 6.42 Å². The number of carbonyl (C=O) groups excluding carboxylic acids is 2. The highest BCUT2D eigenvalue weighted by atomic mass is 35.5. The molecule has 0 unspecified atom stereocenters. The van der Waals surface area contributed by atoms with Gasteiger partial charge in [-0.3, -0.25) is 9.59 Å². The molecule has 2 N–H and O–H groups in total. The minimum atomic E-state index is -0.266. The number of nitrogens with zero attached hydrogens (tertiary/aromatic N) is 3. The van der Waals surface area contributed by atoms with E-state index in [1.807, 2.05) is 0 Å². The molecule has 1 saturated heterocycles. The molecule has 9 heteroatoms. The maximum absolute atomic E-state index is 12.3. The molecule has 7 nitrogen and oxygen atoms in total. The number of rotatable bonds is 4. The number of likely N-dealkylation sites (tertiary alicyclic amines) is 1. The Labute approximate surface area is 159 Å². The SMILES string of the molecule is CNC(=O)c1cc(-c2cnc(NC(=O)[C@H]3CCN(C#N)C3)s2)ccc1Cl. The second-order valence-electron chi connectivity index (χ2n) is 5.82. The van der Waals surface area contributed by atoms with Crippen LogP contribution in [0.15, 0.2) is 24.4 Å². The molecule has 1 aliphatic heterocycles. The fourth-order valence-electron chi connectivity index (χ4n) is 2.73. The van der Waals surface area contributed by atoms with Crippen molar-refractivity contribution in [3.05, 3.63) is 35.0 Å². The summed E-state index contributed by atoms with van der Waals surface area (Å²) >= 11 is 7.39. The number of hydrogen-bond acceptors (Lipinski definition) is 6. The van der Waals surface area contributed by atoms with Gasteiger partial charge in [0.2, 0.25) is 5.91 Å². The molecule has 1 aromatic heterocycles. The summed E-state index contributed by atoms with van der Waals surface area (Å²) in [4.78, 5) is 30.8. The largest absolute Gasteiger partial charge is 0.355 e. The molecule has 0 radical (unpaired) electrons. The van der Waals surface area contributed by atoms with Crippen LogP contribution in [0.1, 0.15) is 16.8 Å². The summed E-state index contributed by atoms with van der Waals surface area (Å²) in [7, 11) is 1.54. The first-order valence-corrected chi connectivity index (χ1v) is 9.14. The third-order valence-corrected chi connectivity index (χ3v) is 5.45. The van der Waals surface area contributed by atoms with Crippen molar-refractivity contribution in [3.63, 3.8) is 0 Å². The van der Waals surface area contributed by atoms with Gasteiger partial charge < -0.3 is 15.5 Å². The second kappa shape index (κ2) is 7.72. The van der Waals surface area contributed by atoms with E-state index in [1.165, 1.54) is 11.3 Å². The first-order chi connectivity index (χ1) is 12.5. The highest BCUT2D eigenvalue weighted by Crippen LogP contribution is 2.32. The molecule has 1 fully saturated rings. The Balaban J connectivity index is 1.73. The van der Waals surface area contributed by atoms with E-state index in [1.54, 1.807) is 36.3 Å². The van der Waals surface area contributed by atoms with E-state index in [0.717, 1.165) is 10.4 Å². The number of nitrogens with one attached hydrogen (secondary N) is 2. The van der Waals surface area contributed by atoms with Crippen LogP contribution in [-0.2, 0) is 4.79 Å². The predicted octanol–water partition coefficient (Wildman–Crippen LogP) is 2.56. The second-order valence-corrected chi connectivity index (χ2v) is 7.26. The molecule has 2 heterocycles. The highest BCUT2D eigenvalue weighted by Gasteiger charge is 2.28. The van der Waals surface area contributed by atoms with Crippen LogP contribution in [0.5, 0.6) is 0 Å². The normalized spacial score (nSPS) is 16.2. The van der Waals surface area contributed by atoms with Crippen LogP contribution in [0.2, 0.25) is 5.02 Å². The minimum absolute atomic E-state index is 0.134. The number of hydrogen-bond donors (Lipinski definition) is 2. The summed E-state index contributed by atoms with van der Waals surface area (Å²) in [6, 6.07) is 5.16. The van der Waals surface area contributed by atoms with E-state index in [9.17, 15) is 9.59 Å². The van der Waals surface area contributed by atoms with Crippen molar-refractivity contribution >= 4 is 39.9 Å². The Bertz CT molecular complexity index is 892. The lowest BCUT2D eigenvalue weighted by Crippen LogP contribution is -2.25. The van der Waals surface area contributed by atoms with Gasteiger partial charge in [0, 0.05) is 26.3 Å². The Hall–Kier alpha value is -2.63. The van der Waals surface area contributed by atoms with Gasteiger partial charge >= 0.3 is 0 Å². The van der Waals surface area contributed by atoms with E-state index in [2.05, 4.69) is 21.8 Å². The zero-order valence-electron chi connectivity index (χ0n) is 14.0. The number of amides is 2. The summed E-state index contributed by atoms with van der Waals surface area (Å²) < 4.78 is 0. The van der Waals surface area contributed by atoms with Crippen LogP contribution >= 0.6 is 22.9 Å². The average molecular weight is 390 g/mol. The summed E-state index contributed by atoms with van der Waals surface area (Å²) in [6.45, 7) is 1.04. The maximum Gasteiger partial charge on any atom is 0.252 e. The van der Waals surface area contributed by atoms with Crippen molar-refractivity contribution in [3.8, 4) is 16.6 Å². The van der Waals surface area contributed by atoms with Gasteiger partial charge in [-0.05, 0) is 24.1 Å². The van der Waals surface area contributed by atoms with E-state index < -0.39 is 0 Å². The molecule has 2 amide bonds. The molecule has 0 spiro atoms. The van der Waals surface area contributed by atoms with Gasteiger partial charge in [0.1, 0.15) is 0 Å². The molecular formula is C17H16ClN5O2S. The first-order valence-electron chi connectivity index (χ1n) is 7.95. The fourth-order valence-corrected chi connectivity index (χ4v) is 3.74. The molecule has 26 heavy (non-hydrogen) atoms. The van der Waals surface area contributed by atoms with E-state index in [0.29, 0.717) is 35.2 Å². The zero-order chi connectivity index (χ0) is 18.7. The molecule has 0 bridgehead atoms. The van der Waals surface area contributed by atoms with Crippen molar-refractivity contribution < 1.29 is 9.59 Å². The van der Waals surface area contributed by atoms with Crippen molar-refractivity contribution in [2.24, 2.45) is 5.92 Å².